The van der Waals surface area contributed by atoms with Crippen LogP contribution in [0.25, 0.3) is 0 Å². The molecule has 2 unspecified atom stereocenters. The number of benzene rings is 1. The van der Waals surface area contributed by atoms with Crippen molar-refractivity contribution >= 4 is 5.91 Å². The van der Waals surface area contributed by atoms with Gasteiger partial charge in [0.15, 0.2) is 0 Å². The van der Waals surface area contributed by atoms with Crippen LogP contribution in [-0.4, -0.2) is 23.9 Å². The summed E-state index contributed by atoms with van der Waals surface area (Å²) in [6.07, 6.45) is 0.862. The molecule has 0 radical (unpaired) electrons. The highest BCUT2D eigenvalue weighted by Gasteiger charge is 2.22. The number of halogens is 1. The van der Waals surface area contributed by atoms with Gasteiger partial charge in [0.2, 0.25) is 5.91 Å². The zero-order valence-corrected chi connectivity index (χ0v) is 11.2. The fourth-order valence-electron chi connectivity index (χ4n) is 1.74. The van der Waals surface area contributed by atoms with Gasteiger partial charge in [0.25, 0.3) is 0 Å². The van der Waals surface area contributed by atoms with Crippen LogP contribution < -0.4 is 5.73 Å². The van der Waals surface area contributed by atoms with Crippen LogP contribution in [0.1, 0.15) is 25.8 Å². The molecule has 3 nitrogen and oxygen atoms in total. The van der Waals surface area contributed by atoms with Gasteiger partial charge in [-0.2, -0.15) is 0 Å². The first-order valence-corrected chi connectivity index (χ1v) is 6.20. The molecule has 2 atom stereocenters. The van der Waals surface area contributed by atoms with E-state index in [1.165, 1.54) is 12.1 Å². The van der Waals surface area contributed by atoms with E-state index in [4.69, 9.17) is 5.73 Å². The van der Waals surface area contributed by atoms with E-state index >= 15 is 0 Å². The van der Waals surface area contributed by atoms with Gasteiger partial charge in [-0.05, 0) is 23.6 Å². The van der Waals surface area contributed by atoms with Gasteiger partial charge in [-0.3, -0.25) is 4.79 Å². The van der Waals surface area contributed by atoms with Crippen molar-refractivity contribution in [1.29, 1.82) is 0 Å². The number of carbonyl (C=O) groups is 1. The largest absolute Gasteiger partial charge is 0.340 e. The standard InChI is InChI=1S/C14H21FN2O/c1-4-10(2)13(16)14(18)17(3)9-11-6-5-7-12(15)8-11/h5-8,10,13H,4,9,16H2,1-3H3. The Morgan fingerprint density at radius 2 is 2.17 bits per heavy atom. The van der Waals surface area contributed by atoms with Gasteiger partial charge in [0, 0.05) is 13.6 Å². The molecular formula is C14H21FN2O. The third-order valence-corrected chi connectivity index (χ3v) is 3.23. The number of rotatable bonds is 5. The van der Waals surface area contributed by atoms with E-state index in [2.05, 4.69) is 0 Å². The summed E-state index contributed by atoms with van der Waals surface area (Å²) in [6, 6.07) is 5.75. The molecule has 1 rings (SSSR count). The average molecular weight is 252 g/mol. The molecule has 0 aromatic heterocycles. The van der Waals surface area contributed by atoms with Crippen molar-refractivity contribution in [2.45, 2.75) is 32.9 Å². The number of hydrogen-bond acceptors (Lipinski definition) is 2. The Balaban J connectivity index is 2.65. The highest BCUT2D eigenvalue weighted by Crippen LogP contribution is 2.11. The maximum atomic E-state index is 13.0. The quantitative estimate of drug-likeness (QED) is 0.873. The third-order valence-electron chi connectivity index (χ3n) is 3.23. The fraction of sp³-hybridized carbons (Fsp3) is 0.500. The molecule has 4 heteroatoms. The lowest BCUT2D eigenvalue weighted by molar-refractivity contribution is -0.132. The zero-order chi connectivity index (χ0) is 13.7. The molecular weight excluding hydrogens is 231 g/mol. The number of nitrogens with two attached hydrogens (primary N) is 1. The molecule has 0 aliphatic heterocycles. The summed E-state index contributed by atoms with van der Waals surface area (Å²) in [5, 5.41) is 0. The summed E-state index contributed by atoms with van der Waals surface area (Å²) in [6.45, 7) is 4.34. The van der Waals surface area contributed by atoms with Crippen molar-refractivity contribution < 1.29 is 9.18 Å². The maximum Gasteiger partial charge on any atom is 0.239 e. The number of likely N-dealkylation sites (N-methyl/N-ethyl adjacent to an activating group) is 1. The first-order chi connectivity index (χ1) is 8.45. The number of carbonyl (C=O) groups excluding carboxylic acids is 1. The zero-order valence-electron chi connectivity index (χ0n) is 11.2. The molecule has 1 aromatic rings. The molecule has 0 aliphatic carbocycles. The van der Waals surface area contributed by atoms with Crippen LogP contribution in [0.5, 0.6) is 0 Å². The van der Waals surface area contributed by atoms with Crippen LogP contribution in [0.4, 0.5) is 4.39 Å². The van der Waals surface area contributed by atoms with Crippen molar-refractivity contribution in [2.75, 3.05) is 7.05 Å². The molecule has 0 spiro atoms. The second kappa shape index (κ2) is 6.50. The topological polar surface area (TPSA) is 46.3 Å². The number of nitrogens with zero attached hydrogens (tertiary/aromatic N) is 1. The lowest BCUT2D eigenvalue weighted by Gasteiger charge is -2.24. The minimum atomic E-state index is -0.492. The number of amides is 1. The van der Waals surface area contributed by atoms with Crippen LogP contribution >= 0.6 is 0 Å². The van der Waals surface area contributed by atoms with Crippen LogP contribution in [0.3, 0.4) is 0 Å². The molecule has 0 saturated carbocycles. The van der Waals surface area contributed by atoms with E-state index in [-0.39, 0.29) is 17.6 Å². The monoisotopic (exact) mass is 252 g/mol. The molecule has 18 heavy (non-hydrogen) atoms. The smallest absolute Gasteiger partial charge is 0.239 e. The Morgan fingerprint density at radius 3 is 2.72 bits per heavy atom. The highest BCUT2D eigenvalue weighted by molar-refractivity contribution is 5.81. The molecule has 1 aromatic carbocycles. The van der Waals surface area contributed by atoms with Crippen molar-refractivity contribution in [1.82, 2.24) is 4.90 Å². The van der Waals surface area contributed by atoms with Gasteiger partial charge in [0.1, 0.15) is 5.82 Å². The van der Waals surface area contributed by atoms with Gasteiger partial charge in [-0.1, -0.05) is 32.4 Å². The van der Waals surface area contributed by atoms with E-state index in [9.17, 15) is 9.18 Å². The Labute approximate surface area is 108 Å². The molecule has 2 N–H and O–H groups in total. The van der Waals surface area contributed by atoms with Crippen LogP contribution in [0.15, 0.2) is 24.3 Å². The van der Waals surface area contributed by atoms with E-state index in [1.54, 1.807) is 24.1 Å². The summed E-state index contributed by atoms with van der Waals surface area (Å²) in [5.41, 5.74) is 6.66. The molecule has 100 valence electrons. The molecule has 1 amide bonds. The normalized spacial score (nSPS) is 14.1. The summed E-state index contributed by atoms with van der Waals surface area (Å²) in [4.78, 5) is 13.6. The van der Waals surface area contributed by atoms with Gasteiger partial charge < -0.3 is 10.6 Å². The molecule has 0 bridgehead atoms. The van der Waals surface area contributed by atoms with E-state index in [0.29, 0.717) is 6.54 Å². The minimum Gasteiger partial charge on any atom is -0.340 e. The second-order valence-corrected chi connectivity index (χ2v) is 4.74. The summed E-state index contributed by atoms with van der Waals surface area (Å²) in [5.74, 6) is -0.249. The summed E-state index contributed by atoms with van der Waals surface area (Å²) < 4.78 is 13.0. The minimum absolute atomic E-state index is 0.103. The maximum absolute atomic E-state index is 13.0. The van der Waals surface area contributed by atoms with Crippen molar-refractivity contribution in [2.24, 2.45) is 11.7 Å². The highest BCUT2D eigenvalue weighted by atomic mass is 19.1. The average Bonchev–Trinajstić information content (AvgIpc) is 2.36. The molecule has 0 saturated heterocycles. The Hall–Kier alpha value is -1.42. The van der Waals surface area contributed by atoms with Gasteiger partial charge in [-0.25, -0.2) is 4.39 Å². The first-order valence-electron chi connectivity index (χ1n) is 6.20. The summed E-state index contributed by atoms with van der Waals surface area (Å²) in [7, 11) is 1.69. The van der Waals surface area contributed by atoms with Gasteiger partial charge >= 0.3 is 0 Å². The molecule has 0 heterocycles. The van der Waals surface area contributed by atoms with Crippen LogP contribution in [0, 0.1) is 11.7 Å². The van der Waals surface area contributed by atoms with E-state index in [1.807, 2.05) is 13.8 Å². The number of hydrogen-bond donors (Lipinski definition) is 1. The van der Waals surface area contributed by atoms with Gasteiger partial charge in [-0.15, -0.1) is 0 Å². The summed E-state index contributed by atoms with van der Waals surface area (Å²) >= 11 is 0. The second-order valence-electron chi connectivity index (χ2n) is 4.74. The predicted octanol–water partition coefficient (Wildman–Crippen LogP) is 2.16. The fourth-order valence-corrected chi connectivity index (χ4v) is 1.74. The lowest BCUT2D eigenvalue weighted by Crippen LogP contribution is -2.45. The molecule has 0 fully saturated rings. The lowest BCUT2D eigenvalue weighted by atomic mass is 9.99. The van der Waals surface area contributed by atoms with Crippen molar-refractivity contribution in [3.8, 4) is 0 Å². The molecule has 0 aliphatic rings. The predicted molar refractivity (Wildman–Crippen MR) is 70.3 cm³/mol. The van der Waals surface area contributed by atoms with Gasteiger partial charge in [0.05, 0.1) is 6.04 Å². The first kappa shape index (κ1) is 14.6. The van der Waals surface area contributed by atoms with E-state index in [0.717, 1.165) is 12.0 Å². The Bertz CT molecular complexity index is 409. The van der Waals surface area contributed by atoms with Crippen LogP contribution in [-0.2, 0) is 11.3 Å². The third kappa shape index (κ3) is 3.81. The van der Waals surface area contributed by atoms with Crippen molar-refractivity contribution in [3.05, 3.63) is 35.6 Å². The van der Waals surface area contributed by atoms with Crippen LogP contribution in [0.2, 0.25) is 0 Å². The van der Waals surface area contributed by atoms with Crippen molar-refractivity contribution in [3.63, 3.8) is 0 Å². The Kier molecular flexibility index (Phi) is 5.28. The SMILES string of the molecule is CCC(C)C(N)C(=O)N(C)Cc1cccc(F)c1. The van der Waals surface area contributed by atoms with E-state index < -0.39 is 6.04 Å². The Morgan fingerprint density at radius 1 is 1.50 bits per heavy atom.